The lowest BCUT2D eigenvalue weighted by Crippen LogP contribution is -2.10. The highest BCUT2D eigenvalue weighted by molar-refractivity contribution is 5.73. The number of hydrogen-bond acceptors (Lipinski definition) is 4. The standard InChI is InChI=1S/C20H22O4/c1-15-7-5-9-17(13-15)23-19(21)11-3-4-12-20(22)24-18-10-6-8-16(2)14-18/h5-10,13-14H,3-4,11-12H2,1-2H3. The molecule has 0 amide bonds. The highest BCUT2D eigenvalue weighted by Gasteiger charge is 2.08. The first kappa shape index (κ1) is 17.7. The lowest BCUT2D eigenvalue weighted by atomic mass is 10.2. The number of esters is 2. The van der Waals surface area contributed by atoms with Crippen LogP contribution < -0.4 is 9.47 Å². The highest BCUT2D eigenvalue weighted by atomic mass is 16.5. The van der Waals surface area contributed by atoms with Crippen molar-refractivity contribution in [3.8, 4) is 11.5 Å². The molecule has 126 valence electrons. The SMILES string of the molecule is Cc1cccc(OC(=O)CCCCC(=O)Oc2cccc(C)c2)c1. The maximum Gasteiger partial charge on any atom is 0.311 e. The first-order valence-corrected chi connectivity index (χ1v) is 8.07. The summed E-state index contributed by atoms with van der Waals surface area (Å²) in [4.78, 5) is 23.5. The molecule has 2 rings (SSSR count). The van der Waals surface area contributed by atoms with Crippen LogP contribution in [-0.4, -0.2) is 11.9 Å². The second-order valence-electron chi connectivity index (χ2n) is 5.79. The number of rotatable bonds is 7. The fourth-order valence-electron chi connectivity index (χ4n) is 2.26. The van der Waals surface area contributed by atoms with E-state index in [9.17, 15) is 9.59 Å². The molecule has 0 saturated carbocycles. The third-order valence-electron chi connectivity index (χ3n) is 3.45. The van der Waals surface area contributed by atoms with Gasteiger partial charge in [-0.15, -0.1) is 0 Å². The van der Waals surface area contributed by atoms with Gasteiger partial charge in [0.25, 0.3) is 0 Å². The maximum absolute atomic E-state index is 11.8. The normalized spacial score (nSPS) is 10.2. The van der Waals surface area contributed by atoms with Gasteiger partial charge in [0.1, 0.15) is 11.5 Å². The molecule has 0 spiro atoms. The first-order chi connectivity index (χ1) is 11.5. The van der Waals surface area contributed by atoms with Gasteiger partial charge in [-0.1, -0.05) is 24.3 Å². The van der Waals surface area contributed by atoms with Gasteiger partial charge in [0.15, 0.2) is 0 Å². The minimum absolute atomic E-state index is 0.283. The summed E-state index contributed by atoms with van der Waals surface area (Å²) >= 11 is 0. The van der Waals surface area contributed by atoms with Gasteiger partial charge in [-0.2, -0.15) is 0 Å². The van der Waals surface area contributed by atoms with Crippen LogP contribution in [0.3, 0.4) is 0 Å². The van der Waals surface area contributed by atoms with Gasteiger partial charge in [0.05, 0.1) is 0 Å². The number of carbonyl (C=O) groups excluding carboxylic acids is 2. The van der Waals surface area contributed by atoms with E-state index >= 15 is 0 Å². The summed E-state index contributed by atoms with van der Waals surface area (Å²) < 4.78 is 10.5. The van der Waals surface area contributed by atoms with E-state index in [-0.39, 0.29) is 24.8 Å². The van der Waals surface area contributed by atoms with E-state index in [1.165, 1.54) is 0 Å². The molecule has 4 nitrogen and oxygen atoms in total. The fraction of sp³-hybridized carbons (Fsp3) is 0.300. The van der Waals surface area contributed by atoms with Gasteiger partial charge in [-0.05, 0) is 62.1 Å². The Morgan fingerprint density at radius 1 is 0.750 bits per heavy atom. The average molecular weight is 326 g/mol. The van der Waals surface area contributed by atoms with E-state index < -0.39 is 0 Å². The van der Waals surface area contributed by atoms with E-state index in [2.05, 4.69) is 0 Å². The summed E-state index contributed by atoms with van der Waals surface area (Å²) in [6.45, 7) is 3.88. The first-order valence-electron chi connectivity index (χ1n) is 8.07. The van der Waals surface area contributed by atoms with E-state index in [1.54, 1.807) is 12.1 Å². The van der Waals surface area contributed by atoms with Crippen molar-refractivity contribution in [1.29, 1.82) is 0 Å². The molecule has 4 heteroatoms. The molecule has 0 aromatic heterocycles. The van der Waals surface area contributed by atoms with Gasteiger partial charge in [0.2, 0.25) is 0 Å². The molecule has 0 N–H and O–H groups in total. The Hall–Kier alpha value is -2.62. The van der Waals surface area contributed by atoms with Crippen molar-refractivity contribution in [3.05, 3.63) is 59.7 Å². The molecule has 0 atom stereocenters. The zero-order valence-electron chi connectivity index (χ0n) is 14.1. The molecule has 0 aliphatic heterocycles. The van der Waals surface area contributed by atoms with Crippen LogP contribution in [0, 0.1) is 13.8 Å². The molecule has 0 radical (unpaired) electrons. The quantitative estimate of drug-likeness (QED) is 0.430. The van der Waals surface area contributed by atoms with Gasteiger partial charge >= 0.3 is 11.9 Å². The van der Waals surface area contributed by atoms with Crippen LogP contribution in [0.25, 0.3) is 0 Å². The second-order valence-corrected chi connectivity index (χ2v) is 5.79. The molecule has 0 heterocycles. The molecule has 0 aliphatic carbocycles. The van der Waals surface area contributed by atoms with E-state index in [0.717, 1.165) is 11.1 Å². The third-order valence-corrected chi connectivity index (χ3v) is 3.45. The lowest BCUT2D eigenvalue weighted by Gasteiger charge is -2.06. The van der Waals surface area contributed by atoms with Crippen molar-refractivity contribution >= 4 is 11.9 Å². The van der Waals surface area contributed by atoms with Gasteiger partial charge in [-0.3, -0.25) is 9.59 Å². The largest absolute Gasteiger partial charge is 0.427 e. The molecular weight excluding hydrogens is 304 g/mol. The average Bonchev–Trinajstić information content (AvgIpc) is 2.51. The minimum Gasteiger partial charge on any atom is -0.427 e. The summed E-state index contributed by atoms with van der Waals surface area (Å²) in [6, 6.07) is 14.7. The predicted molar refractivity (Wildman–Crippen MR) is 92.1 cm³/mol. The molecule has 0 saturated heterocycles. The van der Waals surface area contributed by atoms with E-state index in [1.807, 2.05) is 50.2 Å². The van der Waals surface area contributed by atoms with Crippen LogP contribution in [0.15, 0.2) is 48.5 Å². The molecule has 0 aliphatic rings. The van der Waals surface area contributed by atoms with Crippen LogP contribution in [0.5, 0.6) is 11.5 Å². The monoisotopic (exact) mass is 326 g/mol. The maximum atomic E-state index is 11.8. The smallest absolute Gasteiger partial charge is 0.311 e. The van der Waals surface area contributed by atoms with Crippen molar-refractivity contribution in [2.24, 2.45) is 0 Å². The third kappa shape index (κ3) is 6.24. The summed E-state index contributed by atoms with van der Waals surface area (Å²) in [7, 11) is 0. The number of benzene rings is 2. The van der Waals surface area contributed by atoms with Gasteiger partial charge in [-0.25, -0.2) is 0 Å². The summed E-state index contributed by atoms with van der Waals surface area (Å²) in [5.74, 6) is 0.540. The van der Waals surface area contributed by atoms with Crippen LogP contribution in [-0.2, 0) is 9.59 Å². The Labute approximate surface area is 142 Å². The van der Waals surface area contributed by atoms with Crippen molar-refractivity contribution in [2.45, 2.75) is 39.5 Å². The molecule has 0 unspecified atom stereocenters. The van der Waals surface area contributed by atoms with E-state index in [4.69, 9.17) is 9.47 Å². The lowest BCUT2D eigenvalue weighted by molar-refractivity contribution is -0.136. The highest BCUT2D eigenvalue weighted by Crippen LogP contribution is 2.15. The zero-order chi connectivity index (χ0) is 17.4. The minimum atomic E-state index is -0.285. The van der Waals surface area contributed by atoms with Crippen molar-refractivity contribution in [1.82, 2.24) is 0 Å². The van der Waals surface area contributed by atoms with Crippen LogP contribution in [0.1, 0.15) is 36.8 Å². The summed E-state index contributed by atoms with van der Waals surface area (Å²) in [5, 5.41) is 0. The molecule has 0 fully saturated rings. The number of ether oxygens (including phenoxy) is 2. The number of hydrogen-bond donors (Lipinski definition) is 0. The Balaban J connectivity index is 1.65. The van der Waals surface area contributed by atoms with Crippen LogP contribution in [0.4, 0.5) is 0 Å². The van der Waals surface area contributed by atoms with Crippen LogP contribution >= 0.6 is 0 Å². The summed E-state index contributed by atoms with van der Waals surface area (Å²) in [5.41, 5.74) is 2.08. The topological polar surface area (TPSA) is 52.6 Å². The molecule has 2 aromatic rings. The van der Waals surface area contributed by atoms with Gasteiger partial charge < -0.3 is 9.47 Å². The Morgan fingerprint density at radius 3 is 1.54 bits per heavy atom. The summed E-state index contributed by atoms with van der Waals surface area (Å²) in [6.07, 6.45) is 1.75. The molecule has 0 bridgehead atoms. The fourth-order valence-corrected chi connectivity index (χ4v) is 2.26. The number of carbonyl (C=O) groups is 2. The van der Waals surface area contributed by atoms with Gasteiger partial charge in [0, 0.05) is 12.8 Å². The second kappa shape index (κ2) is 8.87. The van der Waals surface area contributed by atoms with E-state index in [0.29, 0.717) is 24.3 Å². The van der Waals surface area contributed by atoms with Crippen molar-refractivity contribution in [2.75, 3.05) is 0 Å². The van der Waals surface area contributed by atoms with Crippen LogP contribution in [0.2, 0.25) is 0 Å². The number of aryl methyl sites for hydroxylation is 2. The van der Waals surface area contributed by atoms with Crippen molar-refractivity contribution in [3.63, 3.8) is 0 Å². The molecule has 24 heavy (non-hydrogen) atoms. The molecular formula is C20H22O4. The Bertz CT molecular complexity index is 645. The predicted octanol–water partition coefficient (Wildman–Crippen LogP) is 4.37. The Kier molecular flexibility index (Phi) is 6.55. The zero-order valence-corrected chi connectivity index (χ0v) is 14.1. The molecule has 2 aromatic carbocycles. The van der Waals surface area contributed by atoms with Crippen molar-refractivity contribution < 1.29 is 19.1 Å². The Morgan fingerprint density at radius 2 is 1.17 bits per heavy atom. The number of unbranched alkanes of at least 4 members (excludes halogenated alkanes) is 1.